The van der Waals surface area contributed by atoms with Crippen molar-refractivity contribution >= 4 is 0 Å². The van der Waals surface area contributed by atoms with Crippen LogP contribution in [0.2, 0.25) is 0 Å². The summed E-state index contributed by atoms with van der Waals surface area (Å²) in [6, 6.07) is 24.5. The molecular formula is C20H18O. The highest BCUT2D eigenvalue weighted by Crippen LogP contribution is 2.28. The second-order valence-electron chi connectivity index (χ2n) is 5.19. The first-order chi connectivity index (χ1) is 10.2. The van der Waals surface area contributed by atoms with Gasteiger partial charge in [-0.3, -0.25) is 0 Å². The summed E-state index contributed by atoms with van der Waals surface area (Å²) >= 11 is 0. The zero-order chi connectivity index (χ0) is 14.7. The van der Waals surface area contributed by atoms with E-state index in [1.807, 2.05) is 42.5 Å². The van der Waals surface area contributed by atoms with Crippen LogP contribution in [0.1, 0.15) is 11.1 Å². The average Bonchev–Trinajstić information content (AvgIpc) is 2.52. The molecule has 21 heavy (non-hydrogen) atoms. The molecule has 0 amide bonds. The zero-order valence-corrected chi connectivity index (χ0v) is 12.3. The minimum Gasteiger partial charge on any atom is -0.457 e. The van der Waals surface area contributed by atoms with Crippen molar-refractivity contribution in [1.29, 1.82) is 0 Å². The van der Waals surface area contributed by atoms with E-state index in [0.29, 0.717) is 0 Å². The SMILES string of the molecule is Cc1cccc(-c2ccc(Oc3ccccc3)cc2)c1C. The fourth-order valence-corrected chi connectivity index (χ4v) is 2.39. The van der Waals surface area contributed by atoms with Gasteiger partial charge in [0.05, 0.1) is 0 Å². The summed E-state index contributed by atoms with van der Waals surface area (Å²) in [5, 5.41) is 0. The van der Waals surface area contributed by atoms with Crippen LogP contribution >= 0.6 is 0 Å². The fraction of sp³-hybridized carbons (Fsp3) is 0.100. The molecule has 0 spiro atoms. The predicted molar refractivity (Wildman–Crippen MR) is 87.9 cm³/mol. The van der Waals surface area contributed by atoms with Gasteiger partial charge in [-0.15, -0.1) is 0 Å². The van der Waals surface area contributed by atoms with Crippen LogP contribution in [0.4, 0.5) is 0 Å². The molecule has 3 aromatic rings. The molecule has 1 heteroatoms. The maximum atomic E-state index is 5.82. The molecule has 0 atom stereocenters. The molecule has 0 aliphatic rings. The third kappa shape index (κ3) is 2.97. The van der Waals surface area contributed by atoms with Crippen molar-refractivity contribution in [3.8, 4) is 22.6 Å². The summed E-state index contributed by atoms with van der Waals surface area (Å²) in [6.07, 6.45) is 0. The molecule has 3 rings (SSSR count). The Hall–Kier alpha value is -2.54. The number of para-hydroxylation sites is 1. The van der Waals surface area contributed by atoms with Gasteiger partial charge in [0.2, 0.25) is 0 Å². The summed E-state index contributed by atoms with van der Waals surface area (Å²) in [5.41, 5.74) is 5.14. The Morgan fingerprint density at radius 2 is 1.29 bits per heavy atom. The lowest BCUT2D eigenvalue weighted by molar-refractivity contribution is 0.483. The first kappa shape index (κ1) is 13.4. The number of hydrogen-bond acceptors (Lipinski definition) is 1. The van der Waals surface area contributed by atoms with Crippen molar-refractivity contribution in [2.75, 3.05) is 0 Å². The Bertz CT molecular complexity index is 728. The van der Waals surface area contributed by atoms with Gasteiger partial charge in [0.1, 0.15) is 11.5 Å². The molecule has 0 saturated heterocycles. The number of rotatable bonds is 3. The number of hydrogen-bond donors (Lipinski definition) is 0. The summed E-state index contributed by atoms with van der Waals surface area (Å²) in [6.45, 7) is 4.31. The van der Waals surface area contributed by atoms with Crippen molar-refractivity contribution in [2.24, 2.45) is 0 Å². The van der Waals surface area contributed by atoms with Crippen LogP contribution in [0.3, 0.4) is 0 Å². The Kier molecular flexibility index (Phi) is 3.74. The van der Waals surface area contributed by atoms with Crippen LogP contribution in [-0.2, 0) is 0 Å². The lowest BCUT2D eigenvalue weighted by Gasteiger charge is -2.10. The summed E-state index contributed by atoms with van der Waals surface area (Å²) < 4.78 is 5.82. The Labute approximate surface area is 125 Å². The standard InChI is InChI=1S/C20H18O/c1-15-7-6-10-20(16(15)2)17-11-13-19(14-12-17)21-18-8-4-3-5-9-18/h3-14H,1-2H3. The highest BCUT2D eigenvalue weighted by molar-refractivity contribution is 5.69. The topological polar surface area (TPSA) is 9.23 Å². The lowest BCUT2D eigenvalue weighted by Crippen LogP contribution is -1.88. The predicted octanol–water partition coefficient (Wildman–Crippen LogP) is 5.76. The molecule has 0 heterocycles. The molecule has 0 aromatic heterocycles. The molecule has 0 bridgehead atoms. The summed E-state index contributed by atoms with van der Waals surface area (Å²) in [5.74, 6) is 1.72. The molecule has 0 aliphatic carbocycles. The van der Waals surface area contributed by atoms with Crippen LogP contribution in [0, 0.1) is 13.8 Å². The first-order valence-corrected chi connectivity index (χ1v) is 7.13. The van der Waals surface area contributed by atoms with E-state index in [0.717, 1.165) is 11.5 Å². The van der Waals surface area contributed by atoms with Crippen LogP contribution in [0.15, 0.2) is 72.8 Å². The van der Waals surface area contributed by atoms with Crippen LogP contribution in [0.5, 0.6) is 11.5 Å². The van der Waals surface area contributed by atoms with Gasteiger partial charge in [0.25, 0.3) is 0 Å². The van der Waals surface area contributed by atoms with Gasteiger partial charge < -0.3 is 4.74 Å². The van der Waals surface area contributed by atoms with E-state index >= 15 is 0 Å². The molecule has 0 fully saturated rings. The fourth-order valence-electron chi connectivity index (χ4n) is 2.39. The maximum absolute atomic E-state index is 5.82. The second kappa shape index (κ2) is 5.84. The molecule has 1 nitrogen and oxygen atoms in total. The van der Waals surface area contributed by atoms with E-state index in [9.17, 15) is 0 Å². The van der Waals surface area contributed by atoms with Crippen molar-refractivity contribution < 1.29 is 4.74 Å². The first-order valence-electron chi connectivity index (χ1n) is 7.13. The second-order valence-corrected chi connectivity index (χ2v) is 5.19. The maximum Gasteiger partial charge on any atom is 0.127 e. The van der Waals surface area contributed by atoms with Gasteiger partial charge in [-0.25, -0.2) is 0 Å². The number of ether oxygens (including phenoxy) is 1. The summed E-state index contributed by atoms with van der Waals surface area (Å²) in [7, 11) is 0. The normalized spacial score (nSPS) is 10.4. The van der Waals surface area contributed by atoms with Gasteiger partial charge in [-0.2, -0.15) is 0 Å². The van der Waals surface area contributed by atoms with Crippen LogP contribution in [0.25, 0.3) is 11.1 Å². The molecule has 0 N–H and O–H groups in total. The third-order valence-corrected chi connectivity index (χ3v) is 3.75. The van der Waals surface area contributed by atoms with E-state index < -0.39 is 0 Å². The summed E-state index contributed by atoms with van der Waals surface area (Å²) in [4.78, 5) is 0. The van der Waals surface area contributed by atoms with E-state index in [4.69, 9.17) is 4.74 Å². The number of benzene rings is 3. The molecule has 104 valence electrons. The van der Waals surface area contributed by atoms with Crippen LogP contribution < -0.4 is 4.74 Å². The molecule has 0 saturated carbocycles. The third-order valence-electron chi connectivity index (χ3n) is 3.75. The van der Waals surface area contributed by atoms with Crippen LogP contribution in [-0.4, -0.2) is 0 Å². The number of aryl methyl sites for hydroxylation is 1. The van der Waals surface area contributed by atoms with Gasteiger partial charge in [-0.05, 0) is 60.4 Å². The van der Waals surface area contributed by atoms with Gasteiger partial charge in [0, 0.05) is 0 Å². The van der Waals surface area contributed by atoms with Crippen molar-refractivity contribution in [3.63, 3.8) is 0 Å². The molecule has 3 aromatic carbocycles. The van der Waals surface area contributed by atoms with E-state index in [1.165, 1.54) is 22.3 Å². The minimum absolute atomic E-state index is 0.857. The lowest BCUT2D eigenvalue weighted by atomic mass is 9.97. The Morgan fingerprint density at radius 3 is 2.00 bits per heavy atom. The van der Waals surface area contributed by atoms with Crippen molar-refractivity contribution in [1.82, 2.24) is 0 Å². The smallest absolute Gasteiger partial charge is 0.127 e. The highest BCUT2D eigenvalue weighted by atomic mass is 16.5. The van der Waals surface area contributed by atoms with E-state index in [-0.39, 0.29) is 0 Å². The quantitative estimate of drug-likeness (QED) is 0.589. The van der Waals surface area contributed by atoms with Gasteiger partial charge >= 0.3 is 0 Å². The van der Waals surface area contributed by atoms with Gasteiger partial charge in [0.15, 0.2) is 0 Å². The Balaban J connectivity index is 1.86. The zero-order valence-electron chi connectivity index (χ0n) is 12.3. The molecule has 0 aliphatic heterocycles. The van der Waals surface area contributed by atoms with E-state index in [2.05, 4.69) is 44.2 Å². The van der Waals surface area contributed by atoms with Crippen molar-refractivity contribution in [3.05, 3.63) is 83.9 Å². The molecular weight excluding hydrogens is 256 g/mol. The average molecular weight is 274 g/mol. The van der Waals surface area contributed by atoms with Crippen molar-refractivity contribution in [2.45, 2.75) is 13.8 Å². The Morgan fingerprint density at radius 1 is 0.619 bits per heavy atom. The van der Waals surface area contributed by atoms with E-state index in [1.54, 1.807) is 0 Å². The van der Waals surface area contributed by atoms with Gasteiger partial charge in [-0.1, -0.05) is 48.5 Å². The highest BCUT2D eigenvalue weighted by Gasteiger charge is 2.04. The molecule has 0 unspecified atom stereocenters. The monoisotopic (exact) mass is 274 g/mol. The minimum atomic E-state index is 0.857. The molecule has 0 radical (unpaired) electrons. The largest absolute Gasteiger partial charge is 0.457 e.